The summed E-state index contributed by atoms with van der Waals surface area (Å²) < 4.78 is 5.14. The largest absolute Gasteiger partial charge is 0.496 e. The monoisotopic (exact) mass is 355 g/mol. The van der Waals surface area contributed by atoms with Gasteiger partial charge in [0.2, 0.25) is 0 Å². The van der Waals surface area contributed by atoms with Gasteiger partial charge in [0.05, 0.1) is 23.4 Å². The van der Waals surface area contributed by atoms with E-state index in [-0.39, 0.29) is 28.6 Å². The minimum atomic E-state index is -1.07. The predicted molar refractivity (Wildman–Crippen MR) is 91.6 cm³/mol. The number of carbonyl (C=O) groups excluding carboxylic acids is 1. The first-order valence-corrected chi connectivity index (χ1v) is 8.19. The molecule has 1 fully saturated rings. The number of ether oxygens (including phenoxy) is 1. The minimum Gasteiger partial charge on any atom is -0.496 e. The van der Waals surface area contributed by atoms with Crippen LogP contribution in [0.2, 0.25) is 5.02 Å². The SMILES string of the molecule is COc1cc(N)c(Cl)cc1C(=O)NC(CN1CCCCC1)C(=O)O. The number of piperidine rings is 1. The molecule has 0 aromatic heterocycles. The standard InChI is InChI=1S/C16H22ClN3O4/c1-24-14-8-12(18)11(17)7-10(14)15(21)19-13(16(22)23)9-20-5-3-2-4-6-20/h7-8,13H,2-6,9,18H2,1H3,(H,19,21)(H,22,23). The molecule has 1 aromatic rings. The van der Waals surface area contributed by atoms with Gasteiger partial charge in [-0.05, 0) is 32.0 Å². The van der Waals surface area contributed by atoms with Gasteiger partial charge in [-0.3, -0.25) is 4.79 Å². The number of nitrogens with one attached hydrogen (secondary N) is 1. The number of hydrogen-bond acceptors (Lipinski definition) is 5. The summed E-state index contributed by atoms with van der Waals surface area (Å²) in [6, 6.07) is 1.82. The highest BCUT2D eigenvalue weighted by Crippen LogP contribution is 2.28. The van der Waals surface area contributed by atoms with Crippen molar-refractivity contribution in [1.29, 1.82) is 0 Å². The molecule has 7 nitrogen and oxygen atoms in total. The van der Waals surface area contributed by atoms with E-state index in [2.05, 4.69) is 10.2 Å². The molecule has 4 N–H and O–H groups in total. The van der Waals surface area contributed by atoms with Crippen molar-refractivity contribution in [3.8, 4) is 5.75 Å². The van der Waals surface area contributed by atoms with Crippen molar-refractivity contribution in [2.24, 2.45) is 0 Å². The van der Waals surface area contributed by atoms with E-state index in [1.54, 1.807) is 0 Å². The molecule has 1 unspecified atom stereocenters. The smallest absolute Gasteiger partial charge is 0.327 e. The maximum atomic E-state index is 12.5. The quantitative estimate of drug-likeness (QED) is 0.669. The number of rotatable bonds is 6. The van der Waals surface area contributed by atoms with Gasteiger partial charge >= 0.3 is 5.97 Å². The van der Waals surface area contributed by atoms with Crippen molar-refractivity contribution in [1.82, 2.24) is 10.2 Å². The topological polar surface area (TPSA) is 105 Å². The molecule has 2 rings (SSSR count). The first kappa shape index (κ1) is 18.4. The molecule has 0 aliphatic carbocycles. The molecule has 1 atom stereocenters. The Morgan fingerprint density at radius 2 is 2.04 bits per heavy atom. The van der Waals surface area contributed by atoms with Crippen LogP contribution < -0.4 is 15.8 Å². The molecular weight excluding hydrogens is 334 g/mol. The Balaban J connectivity index is 2.12. The first-order chi connectivity index (χ1) is 11.4. The maximum absolute atomic E-state index is 12.5. The lowest BCUT2D eigenvalue weighted by atomic mass is 10.1. The number of nitrogens with two attached hydrogens (primary N) is 1. The van der Waals surface area contributed by atoms with Gasteiger partial charge in [0.25, 0.3) is 5.91 Å². The van der Waals surface area contributed by atoms with Crippen LogP contribution in [0, 0.1) is 0 Å². The summed E-state index contributed by atoms with van der Waals surface area (Å²) in [6.45, 7) is 1.96. The van der Waals surface area contributed by atoms with E-state index < -0.39 is 17.9 Å². The van der Waals surface area contributed by atoms with Gasteiger partial charge < -0.3 is 25.8 Å². The Hall–Kier alpha value is -1.99. The van der Waals surface area contributed by atoms with Crippen molar-refractivity contribution >= 4 is 29.2 Å². The van der Waals surface area contributed by atoms with Gasteiger partial charge in [-0.2, -0.15) is 0 Å². The number of anilines is 1. The molecule has 0 saturated carbocycles. The molecule has 132 valence electrons. The third kappa shape index (κ3) is 4.52. The number of carboxylic acid groups (broad SMARTS) is 1. The highest BCUT2D eigenvalue weighted by molar-refractivity contribution is 6.33. The normalized spacial score (nSPS) is 16.4. The zero-order valence-electron chi connectivity index (χ0n) is 13.5. The highest BCUT2D eigenvalue weighted by atomic mass is 35.5. The van der Waals surface area contributed by atoms with Crippen molar-refractivity contribution in [2.45, 2.75) is 25.3 Å². The fourth-order valence-corrected chi connectivity index (χ4v) is 2.90. The molecule has 1 heterocycles. The zero-order valence-corrected chi connectivity index (χ0v) is 14.3. The van der Waals surface area contributed by atoms with E-state index >= 15 is 0 Å². The number of carbonyl (C=O) groups is 2. The summed E-state index contributed by atoms with van der Waals surface area (Å²) in [5.74, 6) is -1.39. The van der Waals surface area contributed by atoms with Gasteiger partial charge in [-0.15, -0.1) is 0 Å². The Morgan fingerprint density at radius 3 is 2.62 bits per heavy atom. The van der Waals surface area contributed by atoms with E-state index in [1.807, 2.05) is 0 Å². The minimum absolute atomic E-state index is 0.154. The zero-order chi connectivity index (χ0) is 17.7. The fourth-order valence-electron chi connectivity index (χ4n) is 2.74. The molecule has 0 spiro atoms. The van der Waals surface area contributed by atoms with E-state index in [9.17, 15) is 14.7 Å². The molecule has 1 aromatic carbocycles. The Labute approximate surface area is 145 Å². The molecule has 1 amide bonds. The van der Waals surface area contributed by atoms with Gasteiger partial charge in [0, 0.05) is 12.6 Å². The van der Waals surface area contributed by atoms with Crippen LogP contribution in [-0.2, 0) is 4.79 Å². The number of methoxy groups -OCH3 is 1. The number of aliphatic carboxylic acids is 1. The maximum Gasteiger partial charge on any atom is 0.327 e. The van der Waals surface area contributed by atoms with Gasteiger partial charge in [0.15, 0.2) is 0 Å². The number of halogens is 1. The molecule has 1 saturated heterocycles. The van der Waals surface area contributed by atoms with Crippen LogP contribution in [0.5, 0.6) is 5.75 Å². The van der Waals surface area contributed by atoms with Crippen LogP contribution >= 0.6 is 11.6 Å². The third-order valence-corrected chi connectivity index (χ3v) is 4.38. The lowest BCUT2D eigenvalue weighted by molar-refractivity contribution is -0.139. The Kier molecular flexibility index (Phi) is 6.28. The second kappa shape index (κ2) is 8.21. The van der Waals surface area contributed by atoms with E-state index in [0.717, 1.165) is 32.4 Å². The summed E-state index contributed by atoms with van der Waals surface area (Å²) in [5.41, 5.74) is 6.13. The van der Waals surface area contributed by atoms with Crippen LogP contribution in [0.15, 0.2) is 12.1 Å². The van der Waals surface area contributed by atoms with Crippen LogP contribution in [0.3, 0.4) is 0 Å². The van der Waals surface area contributed by atoms with Gasteiger partial charge in [0.1, 0.15) is 11.8 Å². The lowest BCUT2D eigenvalue weighted by Crippen LogP contribution is -2.49. The number of carboxylic acids is 1. The fraction of sp³-hybridized carbons (Fsp3) is 0.500. The van der Waals surface area contributed by atoms with Gasteiger partial charge in [-0.25, -0.2) is 4.79 Å². The molecule has 0 radical (unpaired) electrons. The number of nitrogens with zero attached hydrogens (tertiary/aromatic N) is 1. The average Bonchev–Trinajstić information content (AvgIpc) is 2.57. The highest BCUT2D eigenvalue weighted by Gasteiger charge is 2.26. The number of hydrogen-bond donors (Lipinski definition) is 3. The number of amides is 1. The number of likely N-dealkylation sites (tertiary alicyclic amines) is 1. The summed E-state index contributed by atoms with van der Waals surface area (Å²) in [4.78, 5) is 26.0. The van der Waals surface area contributed by atoms with E-state index in [0.29, 0.717) is 0 Å². The van der Waals surface area contributed by atoms with E-state index in [1.165, 1.54) is 19.2 Å². The molecule has 8 heteroatoms. The van der Waals surface area contributed by atoms with Gasteiger partial charge in [-0.1, -0.05) is 18.0 Å². The van der Waals surface area contributed by atoms with Crippen molar-refractivity contribution in [3.63, 3.8) is 0 Å². The summed E-state index contributed by atoms with van der Waals surface area (Å²) in [5, 5.41) is 12.2. The molecule has 1 aliphatic rings. The molecule has 1 aliphatic heterocycles. The molecule has 24 heavy (non-hydrogen) atoms. The second-order valence-electron chi connectivity index (χ2n) is 5.80. The second-order valence-corrected chi connectivity index (χ2v) is 6.21. The first-order valence-electron chi connectivity index (χ1n) is 7.81. The van der Waals surface area contributed by atoms with Crippen LogP contribution in [-0.4, -0.2) is 54.7 Å². The van der Waals surface area contributed by atoms with Crippen LogP contribution in [0.4, 0.5) is 5.69 Å². The summed E-state index contributed by atoms with van der Waals surface area (Å²) in [7, 11) is 1.40. The van der Waals surface area contributed by atoms with Crippen molar-refractivity contribution < 1.29 is 19.4 Å². The Bertz CT molecular complexity index is 618. The van der Waals surface area contributed by atoms with Crippen LogP contribution in [0.25, 0.3) is 0 Å². The van der Waals surface area contributed by atoms with Crippen LogP contribution in [0.1, 0.15) is 29.6 Å². The summed E-state index contributed by atoms with van der Waals surface area (Å²) in [6.07, 6.45) is 3.24. The predicted octanol–water partition coefficient (Wildman–Crippen LogP) is 1.60. The average molecular weight is 356 g/mol. The van der Waals surface area contributed by atoms with Crippen molar-refractivity contribution in [2.75, 3.05) is 32.5 Å². The lowest BCUT2D eigenvalue weighted by Gasteiger charge is -2.29. The Morgan fingerprint density at radius 1 is 1.38 bits per heavy atom. The summed E-state index contributed by atoms with van der Waals surface area (Å²) >= 11 is 5.96. The molecular formula is C16H22ClN3O4. The number of benzene rings is 1. The van der Waals surface area contributed by atoms with E-state index in [4.69, 9.17) is 22.1 Å². The molecule has 0 bridgehead atoms. The third-order valence-electron chi connectivity index (χ3n) is 4.06. The number of nitrogen functional groups attached to an aromatic ring is 1. The van der Waals surface area contributed by atoms with Crippen molar-refractivity contribution in [3.05, 3.63) is 22.7 Å².